The topological polar surface area (TPSA) is 38.8 Å². The van der Waals surface area contributed by atoms with Gasteiger partial charge in [-0.15, -0.1) is 0 Å². The number of carbonyl (C=O) groups excluding carboxylic acids is 1. The lowest BCUT2D eigenvalue weighted by Crippen LogP contribution is -2.26. The van der Waals surface area contributed by atoms with E-state index in [2.05, 4.69) is 30.1 Å². The Kier molecular flexibility index (Phi) is 3.87. The number of nitrogens with zero attached hydrogens (tertiary/aromatic N) is 1. The fourth-order valence-electron chi connectivity index (χ4n) is 4.17. The van der Waals surface area contributed by atoms with Gasteiger partial charge in [-0.3, -0.25) is 4.79 Å². The molecule has 1 fully saturated rings. The summed E-state index contributed by atoms with van der Waals surface area (Å²) in [5.41, 5.74) is 4.32. The number of Topliss-reactive ketones (excluding diaryl/α,β-unsaturated/α-hetero) is 1. The van der Waals surface area contributed by atoms with Crippen LogP contribution in [0.3, 0.4) is 0 Å². The number of fused-ring (bicyclic) bond motifs is 4. The summed E-state index contributed by atoms with van der Waals surface area (Å²) in [5.74, 6) is -0.586. The first-order chi connectivity index (χ1) is 11.5. The molecule has 0 saturated carbocycles. The Labute approximate surface area is 143 Å². The predicted octanol–water partition coefficient (Wildman–Crippen LogP) is 2.81. The summed E-state index contributed by atoms with van der Waals surface area (Å²) < 4.78 is 12.0. The maximum atomic E-state index is 13.1. The van der Waals surface area contributed by atoms with E-state index in [1.165, 1.54) is 5.56 Å². The SMILES string of the molecule is CN1CCCC2=C(C(=O)[C@H]3OC(C)(C)O[C@@H]23)c2ccccc2CC1. The highest BCUT2D eigenvalue weighted by Crippen LogP contribution is 2.45. The van der Waals surface area contributed by atoms with Gasteiger partial charge in [0, 0.05) is 12.1 Å². The molecule has 0 unspecified atom stereocenters. The third-order valence-electron chi connectivity index (χ3n) is 5.30. The monoisotopic (exact) mass is 327 g/mol. The van der Waals surface area contributed by atoms with Crippen molar-refractivity contribution in [3.63, 3.8) is 0 Å². The van der Waals surface area contributed by atoms with Crippen molar-refractivity contribution in [3.8, 4) is 0 Å². The van der Waals surface area contributed by atoms with Crippen LogP contribution in [0.15, 0.2) is 29.8 Å². The molecule has 0 amide bonds. The van der Waals surface area contributed by atoms with Crippen LogP contribution in [0.5, 0.6) is 0 Å². The second-order valence-corrected chi connectivity index (χ2v) is 7.56. The van der Waals surface area contributed by atoms with Gasteiger partial charge in [0.1, 0.15) is 6.10 Å². The first kappa shape index (κ1) is 16.0. The van der Waals surface area contributed by atoms with Crippen molar-refractivity contribution in [2.45, 2.75) is 51.1 Å². The lowest BCUT2D eigenvalue weighted by atomic mass is 9.92. The van der Waals surface area contributed by atoms with Crippen LogP contribution in [-0.4, -0.2) is 48.8 Å². The number of benzene rings is 1. The first-order valence-electron chi connectivity index (χ1n) is 8.86. The molecule has 4 heteroatoms. The van der Waals surface area contributed by atoms with E-state index in [9.17, 15) is 4.79 Å². The molecule has 0 radical (unpaired) electrons. The summed E-state index contributed by atoms with van der Waals surface area (Å²) in [4.78, 5) is 15.5. The average molecular weight is 327 g/mol. The molecular weight excluding hydrogens is 302 g/mol. The quantitative estimate of drug-likeness (QED) is 0.734. The van der Waals surface area contributed by atoms with Gasteiger partial charge < -0.3 is 14.4 Å². The van der Waals surface area contributed by atoms with Gasteiger partial charge in [0.15, 0.2) is 17.7 Å². The molecule has 0 bridgehead atoms. The smallest absolute Gasteiger partial charge is 0.195 e. The fraction of sp³-hybridized carbons (Fsp3) is 0.550. The van der Waals surface area contributed by atoms with Gasteiger partial charge in [-0.2, -0.15) is 0 Å². The van der Waals surface area contributed by atoms with Crippen LogP contribution in [0.25, 0.3) is 5.57 Å². The number of likely N-dealkylation sites (N-methyl/N-ethyl adjacent to an activating group) is 1. The summed E-state index contributed by atoms with van der Waals surface area (Å²) in [7, 11) is 2.17. The van der Waals surface area contributed by atoms with Crippen LogP contribution in [0.4, 0.5) is 0 Å². The van der Waals surface area contributed by atoms with Crippen LogP contribution in [0, 0.1) is 0 Å². The van der Waals surface area contributed by atoms with Crippen molar-refractivity contribution in [3.05, 3.63) is 41.0 Å². The van der Waals surface area contributed by atoms with E-state index < -0.39 is 11.9 Å². The van der Waals surface area contributed by atoms with E-state index >= 15 is 0 Å². The van der Waals surface area contributed by atoms with Crippen LogP contribution >= 0.6 is 0 Å². The summed E-state index contributed by atoms with van der Waals surface area (Å²) >= 11 is 0. The molecule has 4 rings (SSSR count). The molecule has 1 aromatic rings. The first-order valence-corrected chi connectivity index (χ1v) is 8.86. The van der Waals surface area contributed by atoms with Crippen LogP contribution in [0.1, 0.15) is 37.8 Å². The van der Waals surface area contributed by atoms with E-state index in [1.54, 1.807) is 0 Å². The molecule has 1 aliphatic carbocycles. The molecular formula is C20H25NO3. The Balaban J connectivity index is 1.82. The Bertz CT molecular complexity index is 707. The number of rotatable bonds is 0. The second-order valence-electron chi connectivity index (χ2n) is 7.56. The number of ketones is 1. The Morgan fingerprint density at radius 1 is 1.08 bits per heavy atom. The van der Waals surface area contributed by atoms with Gasteiger partial charge in [-0.1, -0.05) is 24.3 Å². The Hall–Kier alpha value is -1.49. The van der Waals surface area contributed by atoms with E-state index in [-0.39, 0.29) is 11.9 Å². The van der Waals surface area contributed by atoms with E-state index in [0.717, 1.165) is 49.1 Å². The van der Waals surface area contributed by atoms with E-state index in [0.29, 0.717) is 0 Å². The molecule has 0 aromatic heterocycles. The van der Waals surface area contributed by atoms with Gasteiger partial charge in [0.2, 0.25) is 0 Å². The van der Waals surface area contributed by atoms with Crippen molar-refractivity contribution in [2.24, 2.45) is 0 Å². The Morgan fingerprint density at radius 2 is 1.83 bits per heavy atom. The zero-order valence-electron chi connectivity index (χ0n) is 14.7. The molecule has 3 aliphatic rings. The van der Waals surface area contributed by atoms with Crippen molar-refractivity contribution in [2.75, 3.05) is 20.1 Å². The number of ether oxygens (including phenoxy) is 2. The van der Waals surface area contributed by atoms with Gasteiger partial charge >= 0.3 is 0 Å². The van der Waals surface area contributed by atoms with E-state index in [1.807, 2.05) is 19.9 Å². The molecule has 2 heterocycles. The highest BCUT2D eigenvalue weighted by molar-refractivity contribution is 6.27. The lowest BCUT2D eigenvalue weighted by Gasteiger charge is -2.23. The molecule has 1 aromatic carbocycles. The number of hydrogen-bond donors (Lipinski definition) is 0. The van der Waals surface area contributed by atoms with E-state index in [4.69, 9.17) is 9.47 Å². The minimum absolute atomic E-state index is 0.0990. The highest BCUT2D eigenvalue weighted by atomic mass is 16.8. The van der Waals surface area contributed by atoms with Gasteiger partial charge in [0.25, 0.3) is 0 Å². The molecule has 0 N–H and O–H groups in total. The highest BCUT2D eigenvalue weighted by Gasteiger charge is 2.53. The molecule has 0 spiro atoms. The van der Waals surface area contributed by atoms with Crippen molar-refractivity contribution < 1.29 is 14.3 Å². The molecule has 1 saturated heterocycles. The summed E-state index contributed by atoms with van der Waals surface area (Å²) in [6.45, 7) is 5.83. The fourth-order valence-corrected chi connectivity index (χ4v) is 4.17. The zero-order chi connectivity index (χ0) is 16.9. The zero-order valence-corrected chi connectivity index (χ0v) is 14.7. The van der Waals surface area contributed by atoms with Crippen molar-refractivity contribution in [1.82, 2.24) is 4.90 Å². The Morgan fingerprint density at radius 3 is 2.67 bits per heavy atom. The molecule has 2 atom stereocenters. The van der Waals surface area contributed by atoms with Gasteiger partial charge in [0.05, 0.1) is 0 Å². The third-order valence-corrected chi connectivity index (χ3v) is 5.30. The summed E-state index contributed by atoms with van der Waals surface area (Å²) in [6.07, 6.45) is 2.19. The molecule has 4 nitrogen and oxygen atoms in total. The van der Waals surface area contributed by atoms with Crippen LogP contribution in [-0.2, 0) is 20.7 Å². The maximum absolute atomic E-state index is 13.1. The van der Waals surface area contributed by atoms with Crippen molar-refractivity contribution in [1.29, 1.82) is 0 Å². The molecule has 2 aliphatic heterocycles. The third kappa shape index (κ3) is 2.63. The summed E-state index contributed by atoms with van der Waals surface area (Å²) in [5, 5.41) is 0. The minimum Gasteiger partial charge on any atom is -0.340 e. The maximum Gasteiger partial charge on any atom is 0.195 e. The lowest BCUT2D eigenvalue weighted by molar-refractivity contribution is -0.152. The van der Waals surface area contributed by atoms with Gasteiger partial charge in [-0.25, -0.2) is 0 Å². The summed E-state index contributed by atoms with van der Waals surface area (Å²) in [6, 6.07) is 8.30. The number of hydrogen-bond acceptors (Lipinski definition) is 4. The normalized spacial score (nSPS) is 30.0. The van der Waals surface area contributed by atoms with Crippen LogP contribution < -0.4 is 0 Å². The largest absolute Gasteiger partial charge is 0.340 e. The van der Waals surface area contributed by atoms with Crippen molar-refractivity contribution >= 4 is 11.4 Å². The van der Waals surface area contributed by atoms with Gasteiger partial charge in [-0.05, 0) is 63.4 Å². The predicted molar refractivity (Wildman–Crippen MR) is 92.6 cm³/mol. The second kappa shape index (κ2) is 5.80. The average Bonchev–Trinajstić information content (AvgIpc) is 2.98. The standard InChI is InChI=1S/C20H25NO3/c1-20(2)23-18-15-9-6-11-21(3)12-10-13-7-4-5-8-14(13)16(15)17(22)19(18)24-20/h4-5,7-8,18-19H,6,9-12H2,1-3H3/t18-,19+/m0/s1. The minimum atomic E-state index is -0.685. The molecule has 24 heavy (non-hydrogen) atoms. The van der Waals surface area contributed by atoms with Crippen LogP contribution in [0.2, 0.25) is 0 Å². The number of carbonyl (C=O) groups is 1. The molecule has 128 valence electrons.